The maximum Gasteiger partial charge on any atom is 0.150 e. The number of anilines is 1. The molecule has 0 saturated heterocycles. The Labute approximate surface area is 108 Å². The fourth-order valence-electron chi connectivity index (χ4n) is 1.65. The monoisotopic (exact) mass is 269 g/mol. The van der Waals surface area contributed by atoms with E-state index >= 15 is 0 Å². The van der Waals surface area contributed by atoms with Crippen LogP contribution < -0.4 is 5.73 Å². The van der Waals surface area contributed by atoms with Crippen molar-refractivity contribution in [3.63, 3.8) is 0 Å². The number of carbonyl (C=O) groups excluding carboxylic acids is 1. The largest absolute Gasteiger partial charge is 0.399 e. The maximum atomic E-state index is 11.7. The molecule has 0 aliphatic carbocycles. The van der Waals surface area contributed by atoms with E-state index in [9.17, 15) is 13.2 Å². The first kappa shape index (κ1) is 14.7. The van der Waals surface area contributed by atoms with E-state index in [0.717, 1.165) is 5.56 Å². The maximum absolute atomic E-state index is 11.7. The molecule has 0 amide bonds. The molecule has 0 aliphatic rings. The van der Waals surface area contributed by atoms with E-state index < -0.39 is 9.84 Å². The number of hydrogen-bond acceptors (Lipinski definition) is 4. The van der Waals surface area contributed by atoms with E-state index in [4.69, 9.17) is 5.73 Å². The van der Waals surface area contributed by atoms with Crippen LogP contribution in [0.3, 0.4) is 0 Å². The van der Waals surface area contributed by atoms with Crippen molar-refractivity contribution in [2.24, 2.45) is 0 Å². The summed E-state index contributed by atoms with van der Waals surface area (Å²) >= 11 is 0. The normalized spacial score (nSPS) is 11.4. The van der Waals surface area contributed by atoms with E-state index in [1.807, 2.05) is 6.07 Å². The minimum absolute atomic E-state index is 0.0481. The highest BCUT2D eigenvalue weighted by atomic mass is 32.2. The van der Waals surface area contributed by atoms with Crippen LogP contribution in [0.1, 0.15) is 25.3 Å². The fraction of sp³-hybridized carbons (Fsp3) is 0.462. The average molecular weight is 269 g/mol. The fourth-order valence-corrected chi connectivity index (χ4v) is 2.53. The number of rotatable bonds is 7. The number of ketones is 1. The first-order valence-electron chi connectivity index (χ1n) is 5.99. The molecule has 100 valence electrons. The SMILES string of the molecule is CCS(=O)(=O)CCCC(=O)Cc1cccc(N)c1. The van der Waals surface area contributed by atoms with Crippen molar-refractivity contribution < 1.29 is 13.2 Å². The Hall–Kier alpha value is -1.36. The minimum Gasteiger partial charge on any atom is -0.399 e. The molecule has 5 heteroatoms. The van der Waals surface area contributed by atoms with Crippen LogP contribution in [0.4, 0.5) is 5.69 Å². The van der Waals surface area contributed by atoms with Crippen molar-refractivity contribution in [3.05, 3.63) is 29.8 Å². The molecule has 0 spiro atoms. The Morgan fingerprint density at radius 3 is 2.67 bits per heavy atom. The molecule has 0 fully saturated rings. The van der Waals surface area contributed by atoms with Crippen LogP contribution in [0, 0.1) is 0 Å². The molecule has 0 saturated carbocycles. The van der Waals surface area contributed by atoms with Gasteiger partial charge in [-0.2, -0.15) is 0 Å². The lowest BCUT2D eigenvalue weighted by molar-refractivity contribution is -0.118. The van der Waals surface area contributed by atoms with Crippen molar-refractivity contribution in [3.8, 4) is 0 Å². The molecule has 0 atom stereocenters. The molecule has 0 radical (unpaired) electrons. The molecular weight excluding hydrogens is 250 g/mol. The molecule has 0 bridgehead atoms. The molecule has 1 rings (SSSR count). The first-order valence-corrected chi connectivity index (χ1v) is 7.81. The van der Waals surface area contributed by atoms with Gasteiger partial charge >= 0.3 is 0 Å². The van der Waals surface area contributed by atoms with E-state index in [-0.39, 0.29) is 17.3 Å². The Balaban J connectivity index is 2.39. The zero-order chi connectivity index (χ0) is 13.6. The Kier molecular flexibility index (Phi) is 5.34. The highest BCUT2D eigenvalue weighted by Gasteiger charge is 2.09. The van der Waals surface area contributed by atoms with Gasteiger partial charge in [0.25, 0.3) is 0 Å². The first-order chi connectivity index (χ1) is 8.43. The number of hydrogen-bond donors (Lipinski definition) is 1. The summed E-state index contributed by atoms with van der Waals surface area (Å²) in [4.78, 5) is 11.7. The van der Waals surface area contributed by atoms with Crippen LogP contribution in [-0.4, -0.2) is 25.7 Å². The smallest absolute Gasteiger partial charge is 0.150 e. The number of nitrogen functional groups attached to an aromatic ring is 1. The predicted molar refractivity (Wildman–Crippen MR) is 73.1 cm³/mol. The third-order valence-corrected chi connectivity index (χ3v) is 4.49. The van der Waals surface area contributed by atoms with Gasteiger partial charge in [-0.3, -0.25) is 4.79 Å². The lowest BCUT2D eigenvalue weighted by atomic mass is 10.1. The third-order valence-electron chi connectivity index (χ3n) is 2.70. The molecule has 0 heterocycles. The number of carbonyl (C=O) groups is 1. The summed E-state index contributed by atoms with van der Waals surface area (Å²) in [5, 5.41) is 0. The van der Waals surface area contributed by atoms with Crippen molar-refractivity contribution in [2.75, 3.05) is 17.2 Å². The predicted octanol–water partition coefficient (Wildman–Crippen LogP) is 1.60. The van der Waals surface area contributed by atoms with E-state index in [0.29, 0.717) is 24.9 Å². The zero-order valence-electron chi connectivity index (χ0n) is 10.6. The molecule has 2 N–H and O–H groups in total. The molecular formula is C13H19NO3S. The second-order valence-corrected chi connectivity index (χ2v) is 6.77. The summed E-state index contributed by atoms with van der Waals surface area (Å²) < 4.78 is 22.5. The van der Waals surface area contributed by atoms with Crippen LogP contribution in [-0.2, 0) is 21.1 Å². The second-order valence-electron chi connectivity index (χ2n) is 4.30. The van der Waals surface area contributed by atoms with Gasteiger partial charge in [0.2, 0.25) is 0 Å². The van der Waals surface area contributed by atoms with Crippen molar-refractivity contribution >= 4 is 21.3 Å². The van der Waals surface area contributed by atoms with Gasteiger partial charge in [0.1, 0.15) is 15.6 Å². The van der Waals surface area contributed by atoms with Crippen LogP contribution in [0.5, 0.6) is 0 Å². The van der Waals surface area contributed by atoms with Crippen molar-refractivity contribution in [1.29, 1.82) is 0 Å². The Morgan fingerprint density at radius 2 is 2.06 bits per heavy atom. The van der Waals surface area contributed by atoms with Crippen molar-refractivity contribution in [1.82, 2.24) is 0 Å². The molecule has 1 aromatic carbocycles. The van der Waals surface area contributed by atoms with Crippen LogP contribution in [0.25, 0.3) is 0 Å². The van der Waals surface area contributed by atoms with Gasteiger partial charge in [-0.15, -0.1) is 0 Å². The topological polar surface area (TPSA) is 77.2 Å². The van der Waals surface area contributed by atoms with Crippen molar-refractivity contribution in [2.45, 2.75) is 26.2 Å². The minimum atomic E-state index is -2.97. The molecule has 1 aromatic rings. The zero-order valence-corrected chi connectivity index (χ0v) is 11.4. The quantitative estimate of drug-likeness (QED) is 0.763. The summed E-state index contributed by atoms with van der Waals surface area (Å²) in [6.07, 6.45) is 1.02. The molecule has 0 unspecified atom stereocenters. The third kappa shape index (κ3) is 5.31. The molecule has 4 nitrogen and oxygen atoms in total. The summed E-state index contributed by atoms with van der Waals surface area (Å²) in [6, 6.07) is 7.18. The highest BCUT2D eigenvalue weighted by molar-refractivity contribution is 7.91. The summed E-state index contributed by atoms with van der Waals surface area (Å²) in [5.41, 5.74) is 7.13. The summed E-state index contributed by atoms with van der Waals surface area (Å²) in [7, 11) is -2.97. The van der Waals surface area contributed by atoms with Gasteiger partial charge in [0.15, 0.2) is 0 Å². The number of benzene rings is 1. The number of nitrogens with two attached hydrogens (primary N) is 1. The van der Waals surface area contributed by atoms with Gasteiger partial charge in [-0.1, -0.05) is 19.1 Å². The molecule has 0 aliphatic heterocycles. The molecule has 0 aromatic heterocycles. The average Bonchev–Trinajstić information content (AvgIpc) is 2.28. The number of Topliss-reactive ketones (excluding diaryl/α,β-unsaturated/α-hetero) is 1. The number of sulfone groups is 1. The van der Waals surface area contributed by atoms with Gasteiger partial charge in [-0.05, 0) is 24.1 Å². The highest BCUT2D eigenvalue weighted by Crippen LogP contribution is 2.09. The lowest BCUT2D eigenvalue weighted by Gasteiger charge is -2.03. The lowest BCUT2D eigenvalue weighted by Crippen LogP contribution is -2.11. The van der Waals surface area contributed by atoms with Gasteiger partial charge in [-0.25, -0.2) is 8.42 Å². The van der Waals surface area contributed by atoms with E-state index in [2.05, 4.69) is 0 Å². The van der Waals surface area contributed by atoms with Crippen LogP contribution >= 0.6 is 0 Å². The Bertz CT molecular complexity index is 509. The second kappa shape index (κ2) is 6.54. The van der Waals surface area contributed by atoms with Crippen LogP contribution in [0.15, 0.2) is 24.3 Å². The van der Waals surface area contributed by atoms with E-state index in [1.165, 1.54) is 0 Å². The van der Waals surface area contributed by atoms with Crippen LogP contribution in [0.2, 0.25) is 0 Å². The van der Waals surface area contributed by atoms with E-state index in [1.54, 1.807) is 25.1 Å². The van der Waals surface area contributed by atoms with Gasteiger partial charge < -0.3 is 5.73 Å². The molecule has 18 heavy (non-hydrogen) atoms. The van der Waals surface area contributed by atoms with Gasteiger partial charge in [0.05, 0.1) is 5.75 Å². The van der Waals surface area contributed by atoms with Gasteiger partial charge in [0, 0.05) is 24.3 Å². The Morgan fingerprint density at radius 1 is 1.33 bits per heavy atom. The summed E-state index contributed by atoms with van der Waals surface area (Å²) in [6.45, 7) is 1.61. The summed E-state index contributed by atoms with van der Waals surface area (Å²) in [5.74, 6) is 0.273. The standard InChI is InChI=1S/C13H19NO3S/c1-2-18(16,17)8-4-7-13(15)10-11-5-3-6-12(14)9-11/h3,5-6,9H,2,4,7-8,10,14H2,1H3.